The van der Waals surface area contributed by atoms with E-state index in [1.165, 1.54) is 23.5 Å². The molecule has 10 atom stereocenters. The third-order valence-electron chi connectivity index (χ3n) is 8.14. The Morgan fingerprint density at radius 3 is 2.60 bits per heavy atom. The zero-order chi connectivity index (χ0) is 31.5. The molecule has 19 nitrogen and oxygen atoms in total. The third-order valence-corrected chi connectivity index (χ3v) is 11.5. The summed E-state index contributed by atoms with van der Waals surface area (Å²) in [7, 11) is 0. The number of nitrogens with zero attached hydrogens (tertiary/aromatic N) is 8. The molecular weight excluding hydrogens is 698 g/mol. The number of nitrogen functional groups attached to an aromatic ring is 2. The second kappa shape index (κ2) is 10.4. The van der Waals surface area contributed by atoms with Crippen molar-refractivity contribution < 1.29 is 42.1 Å². The van der Waals surface area contributed by atoms with Gasteiger partial charge in [-0.25, -0.2) is 24.5 Å². The predicted molar refractivity (Wildman–Crippen MR) is 160 cm³/mol. The number of nitrogens with two attached hydrogens (primary N) is 2. The number of thiol groups is 1. The first-order chi connectivity index (χ1) is 21.4. The molecule has 0 amide bonds. The molecule has 8 rings (SSSR count). The van der Waals surface area contributed by atoms with Crippen molar-refractivity contribution in [3.8, 4) is 0 Å². The largest absolute Gasteiger partial charge is 0.387 e. The van der Waals surface area contributed by atoms with Crippen molar-refractivity contribution in [1.29, 1.82) is 0 Å². The Morgan fingerprint density at radius 2 is 1.78 bits per heavy atom. The fraction of sp³-hybridized carbons (Fsp3) is 0.524. The summed E-state index contributed by atoms with van der Waals surface area (Å²) in [4.78, 5) is 36.0. The molecule has 4 aromatic heterocycles. The fourth-order valence-electron chi connectivity index (χ4n) is 6.08. The van der Waals surface area contributed by atoms with E-state index in [0.29, 0.717) is 17.6 Å². The van der Waals surface area contributed by atoms with Crippen molar-refractivity contribution in [2.24, 2.45) is 5.92 Å². The number of fused-ring (bicyclic) bond motifs is 7. The highest BCUT2D eigenvalue weighted by Crippen LogP contribution is 2.66. The molecule has 4 aromatic rings. The second-order valence-corrected chi connectivity index (χ2v) is 16.8. The van der Waals surface area contributed by atoms with E-state index in [9.17, 15) is 14.6 Å². The maximum absolute atomic E-state index is 13.6. The molecule has 0 radical (unpaired) electrons. The summed E-state index contributed by atoms with van der Waals surface area (Å²) in [5, 5.41) is 11.1. The number of rotatable bonds is 2. The van der Waals surface area contributed by atoms with E-state index in [2.05, 4.69) is 42.2 Å². The van der Waals surface area contributed by atoms with Gasteiger partial charge < -0.3 is 40.0 Å². The van der Waals surface area contributed by atoms with Crippen LogP contribution in [0.4, 0.5) is 11.6 Å². The quantitative estimate of drug-likeness (QED) is 0.109. The van der Waals surface area contributed by atoms with Crippen LogP contribution in [0.5, 0.6) is 0 Å². The fourth-order valence-corrected chi connectivity index (χ4v) is 9.18. The molecule has 0 spiro atoms. The Morgan fingerprint density at radius 1 is 1.02 bits per heavy atom. The van der Waals surface area contributed by atoms with Crippen LogP contribution in [0, 0.1) is 5.92 Å². The summed E-state index contributed by atoms with van der Waals surface area (Å²) in [5.41, 5.74) is 12.0. The number of ether oxygens (including phenoxy) is 2. The van der Waals surface area contributed by atoms with E-state index in [1.54, 1.807) is 4.57 Å². The number of halogens is 1. The standard InChI is InChI=1S/C21H23ClN10O9P2S2/c22-20-29-16(24)11-18(30-20)32(6-28-11)21-1-7(21)13-9(39-21)3-37-43(35,45)41-14-12(33)8(2-36-42(34,44)40-13)38-19(14)31-5-27-10-15(23)25-4-26-17(10)31/h4-9,12-14,19,33H,1-3H2,(H,34,44)(H,35,45)(H2,23,25,26)(H2,24,29,30)/t7?,8-,9-,12?,13?,14?,19-,21?,42?,43?/m1/s1. The second-order valence-electron chi connectivity index (χ2n) is 10.8. The van der Waals surface area contributed by atoms with Crippen LogP contribution < -0.4 is 11.5 Å². The first kappa shape index (κ1) is 30.2. The number of hydrogen-bond acceptors (Lipinski definition) is 17. The van der Waals surface area contributed by atoms with Crippen LogP contribution in [0.15, 0.2) is 19.0 Å². The van der Waals surface area contributed by atoms with Crippen LogP contribution in [0.3, 0.4) is 0 Å². The molecule has 4 aliphatic rings. The highest BCUT2D eigenvalue weighted by Gasteiger charge is 2.71. The molecule has 2 bridgehead atoms. The van der Waals surface area contributed by atoms with E-state index < -0.39 is 68.5 Å². The Hall–Kier alpha value is -2.10. The molecule has 7 unspecified atom stereocenters. The molecule has 0 aromatic carbocycles. The number of anilines is 2. The lowest BCUT2D eigenvalue weighted by atomic mass is 10.1. The van der Waals surface area contributed by atoms with Gasteiger partial charge in [-0.2, -0.15) is 9.97 Å². The van der Waals surface area contributed by atoms with E-state index in [1.807, 2.05) is 0 Å². The van der Waals surface area contributed by atoms with Gasteiger partial charge in [0.15, 0.2) is 34.9 Å². The summed E-state index contributed by atoms with van der Waals surface area (Å²) in [5.74, 6) is -0.196. The zero-order valence-corrected chi connectivity index (χ0v) is 26.8. The Bertz CT molecular complexity index is 1960. The minimum Gasteiger partial charge on any atom is -0.387 e. The lowest BCUT2D eigenvalue weighted by molar-refractivity contribution is -0.0852. The summed E-state index contributed by atoms with van der Waals surface area (Å²) >= 11 is 15.6. The van der Waals surface area contributed by atoms with Crippen molar-refractivity contribution >= 4 is 83.1 Å². The molecule has 3 saturated heterocycles. The Kier molecular flexibility index (Phi) is 7.02. The maximum atomic E-state index is 13.6. The van der Waals surface area contributed by atoms with Crippen LogP contribution in [0.2, 0.25) is 5.28 Å². The van der Waals surface area contributed by atoms with Crippen LogP contribution >= 0.6 is 37.4 Å². The van der Waals surface area contributed by atoms with Crippen LogP contribution in [0.25, 0.3) is 22.3 Å². The molecule has 240 valence electrons. The predicted octanol–water partition coefficient (Wildman–Crippen LogP) is 0.886. The van der Waals surface area contributed by atoms with Gasteiger partial charge in [-0.1, -0.05) is 12.2 Å². The lowest BCUT2D eigenvalue weighted by Crippen LogP contribution is -2.35. The van der Waals surface area contributed by atoms with Gasteiger partial charge in [0.05, 0.1) is 25.9 Å². The topological polar surface area (TPSA) is 252 Å². The molecule has 6 N–H and O–H groups in total. The minimum atomic E-state index is -4.23. The van der Waals surface area contributed by atoms with E-state index >= 15 is 0 Å². The van der Waals surface area contributed by atoms with Crippen molar-refractivity contribution in [1.82, 2.24) is 39.0 Å². The van der Waals surface area contributed by atoms with Gasteiger partial charge in [0.2, 0.25) is 5.28 Å². The van der Waals surface area contributed by atoms with Crippen molar-refractivity contribution in [2.75, 3.05) is 24.7 Å². The maximum Gasteiger partial charge on any atom is 0.386 e. The van der Waals surface area contributed by atoms with Crippen LogP contribution in [-0.2, 0) is 49.7 Å². The number of aliphatic hydroxyl groups is 1. The smallest absolute Gasteiger partial charge is 0.386 e. The zero-order valence-electron chi connectivity index (χ0n) is 22.5. The molecule has 45 heavy (non-hydrogen) atoms. The summed E-state index contributed by atoms with van der Waals surface area (Å²) in [6.45, 7) is -9.01. The number of hydrogen-bond donors (Lipinski definition) is 5. The summed E-state index contributed by atoms with van der Waals surface area (Å²) in [6.07, 6.45) is -2.42. The van der Waals surface area contributed by atoms with Crippen LogP contribution in [0.1, 0.15) is 12.6 Å². The van der Waals surface area contributed by atoms with Crippen molar-refractivity contribution in [2.45, 2.75) is 48.9 Å². The normalized spacial score (nSPS) is 40.0. The Balaban J connectivity index is 1.11. The molecular formula is C21H23ClN10O9P2S2. The van der Waals surface area contributed by atoms with Gasteiger partial charge in [0, 0.05) is 12.3 Å². The van der Waals surface area contributed by atoms with E-state index in [-0.39, 0.29) is 34.7 Å². The van der Waals surface area contributed by atoms with Gasteiger partial charge in [0.1, 0.15) is 47.9 Å². The summed E-state index contributed by atoms with van der Waals surface area (Å²) < 4.78 is 52.3. The van der Waals surface area contributed by atoms with Gasteiger partial charge in [-0.3, -0.25) is 18.2 Å². The van der Waals surface area contributed by atoms with Gasteiger partial charge in [0.25, 0.3) is 0 Å². The third kappa shape index (κ3) is 4.97. The lowest BCUT2D eigenvalue weighted by Gasteiger charge is -2.28. The molecule has 1 aliphatic carbocycles. The van der Waals surface area contributed by atoms with Crippen LogP contribution in [-0.4, -0.2) is 92.8 Å². The highest BCUT2D eigenvalue weighted by atomic mass is 35.5. The number of aliphatic hydroxyl groups excluding tert-OH is 1. The highest BCUT2D eigenvalue weighted by molar-refractivity contribution is 8.44. The van der Waals surface area contributed by atoms with Crippen molar-refractivity contribution in [3.63, 3.8) is 0 Å². The van der Waals surface area contributed by atoms with E-state index in [0.717, 1.165) is 0 Å². The minimum absolute atomic E-state index is 0.0835. The number of aromatic nitrogens is 8. The molecule has 7 heterocycles. The van der Waals surface area contributed by atoms with E-state index in [4.69, 9.17) is 62.4 Å². The molecule has 24 heteroatoms. The first-order valence-corrected chi connectivity index (χ1v) is 18.9. The number of imidazole rings is 2. The van der Waals surface area contributed by atoms with Gasteiger partial charge >= 0.3 is 13.5 Å². The summed E-state index contributed by atoms with van der Waals surface area (Å²) in [6, 6.07) is 0. The molecule has 4 fully saturated rings. The Labute approximate surface area is 267 Å². The average Bonchev–Trinajstić information content (AvgIpc) is 3.32. The van der Waals surface area contributed by atoms with Gasteiger partial charge in [-0.15, -0.1) is 0 Å². The molecule has 1 saturated carbocycles. The molecule has 3 aliphatic heterocycles. The van der Waals surface area contributed by atoms with Crippen molar-refractivity contribution in [3.05, 3.63) is 24.3 Å². The first-order valence-electron chi connectivity index (χ1n) is 13.3. The SMILES string of the molecule is Nc1ncnc2c1ncn2[C@@H]1O[C@@H]2COP(O)(=S)OC3C4CC4(n4cnc5c(N)nc(Cl)nc54)O[C@@H]3COP(=O)(S)OC1C2O. The average molecular weight is 721 g/mol. The van der Waals surface area contributed by atoms with Gasteiger partial charge in [-0.05, 0) is 23.4 Å². The monoisotopic (exact) mass is 720 g/mol.